The Morgan fingerprint density at radius 1 is 1.09 bits per heavy atom. The van der Waals surface area contributed by atoms with Crippen LogP contribution in [0.25, 0.3) is 0 Å². The molecule has 1 aliphatic rings. The van der Waals surface area contributed by atoms with Gasteiger partial charge in [0.1, 0.15) is 5.75 Å². The summed E-state index contributed by atoms with van der Waals surface area (Å²) in [4.78, 5) is 43.0. The van der Waals surface area contributed by atoms with Crippen LogP contribution in [0, 0.1) is 5.92 Å². The molecule has 1 N–H and O–H groups in total. The van der Waals surface area contributed by atoms with Gasteiger partial charge in [0.15, 0.2) is 0 Å². The van der Waals surface area contributed by atoms with E-state index < -0.39 is 12.0 Å². The van der Waals surface area contributed by atoms with Crippen molar-refractivity contribution >= 4 is 23.4 Å². The Bertz CT molecular complexity index is 1030. The van der Waals surface area contributed by atoms with E-state index in [1.165, 1.54) is 0 Å². The van der Waals surface area contributed by atoms with E-state index in [0.29, 0.717) is 49.5 Å². The van der Waals surface area contributed by atoms with Crippen molar-refractivity contribution in [2.24, 2.45) is 5.92 Å². The number of ether oxygens (including phenoxy) is 1. The van der Waals surface area contributed by atoms with Gasteiger partial charge >= 0.3 is 0 Å². The minimum atomic E-state index is -0.442. The highest BCUT2D eigenvalue weighted by atomic mass is 16.5. The molecule has 7 heteroatoms. The number of piperidine rings is 1. The van der Waals surface area contributed by atoms with Crippen LogP contribution in [0.4, 0.5) is 5.69 Å². The topological polar surface area (TPSA) is 79.0 Å². The van der Waals surface area contributed by atoms with E-state index in [0.717, 1.165) is 18.4 Å². The van der Waals surface area contributed by atoms with Crippen LogP contribution in [-0.2, 0) is 9.59 Å². The number of carbonyl (C=O) groups excluding carboxylic acids is 3. The van der Waals surface area contributed by atoms with Crippen molar-refractivity contribution in [3.05, 3.63) is 59.7 Å². The Kier molecular flexibility index (Phi) is 9.29. The molecule has 188 valence electrons. The number of rotatable bonds is 10. The van der Waals surface area contributed by atoms with Crippen LogP contribution in [0.15, 0.2) is 48.5 Å². The van der Waals surface area contributed by atoms with Crippen molar-refractivity contribution in [3.63, 3.8) is 0 Å². The monoisotopic (exact) mass is 479 g/mol. The molecule has 3 amide bonds. The lowest BCUT2D eigenvalue weighted by molar-refractivity contribution is -0.142. The van der Waals surface area contributed by atoms with Gasteiger partial charge in [0, 0.05) is 42.9 Å². The number of hydrogen-bond acceptors (Lipinski definition) is 4. The number of nitrogens with one attached hydrogen (secondary N) is 1. The zero-order chi connectivity index (χ0) is 25.4. The number of hydrogen-bond donors (Lipinski definition) is 1. The predicted octanol–water partition coefficient (Wildman–Crippen LogP) is 4.90. The highest BCUT2D eigenvalue weighted by molar-refractivity contribution is 5.98. The molecule has 0 bridgehead atoms. The summed E-state index contributed by atoms with van der Waals surface area (Å²) in [5.74, 6) is 0.0564. The molecule has 1 aliphatic heterocycles. The first-order valence-electron chi connectivity index (χ1n) is 12.6. The summed E-state index contributed by atoms with van der Waals surface area (Å²) in [6.45, 7) is 7.81. The minimum absolute atomic E-state index is 0.0604. The average Bonchev–Trinajstić information content (AvgIpc) is 2.88. The molecule has 3 rings (SSSR count). The highest BCUT2D eigenvalue weighted by Gasteiger charge is 2.41. The summed E-state index contributed by atoms with van der Waals surface area (Å²) >= 11 is 0. The Labute approximate surface area is 208 Å². The summed E-state index contributed by atoms with van der Waals surface area (Å²) in [6.07, 6.45) is 2.59. The SMILES string of the molecule is CCCCN1C(=O)CCC(C(=O)Nc2cccc(C(=O)N(CC)CC)c2)C1c1ccccc1OC. The zero-order valence-corrected chi connectivity index (χ0v) is 21.3. The number of amides is 3. The Balaban J connectivity index is 1.91. The maximum absolute atomic E-state index is 13.6. The minimum Gasteiger partial charge on any atom is -0.496 e. The van der Waals surface area contributed by atoms with Gasteiger partial charge in [-0.15, -0.1) is 0 Å². The lowest BCUT2D eigenvalue weighted by atomic mass is 9.83. The van der Waals surface area contributed by atoms with Gasteiger partial charge in [0.25, 0.3) is 5.91 Å². The Hall–Kier alpha value is -3.35. The second-order valence-corrected chi connectivity index (χ2v) is 8.82. The van der Waals surface area contributed by atoms with Gasteiger partial charge in [0.2, 0.25) is 11.8 Å². The smallest absolute Gasteiger partial charge is 0.253 e. The number of methoxy groups -OCH3 is 1. The standard InChI is InChI=1S/C28H37N3O4/c1-5-8-18-31-25(32)17-16-23(26(31)22-14-9-10-15-24(22)35-4)27(33)29-21-13-11-12-20(19-21)28(34)30(6-2)7-3/h9-15,19,23,26H,5-8,16-18H2,1-4H3,(H,29,33). The molecule has 2 unspecified atom stereocenters. The quantitative estimate of drug-likeness (QED) is 0.526. The Morgan fingerprint density at radius 3 is 2.51 bits per heavy atom. The molecular weight excluding hydrogens is 442 g/mol. The van der Waals surface area contributed by atoms with Gasteiger partial charge in [-0.2, -0.15) is 0 Å². The van der Waals surface area contributed by atoms with Gasteiger partial charge in [-0.25, -0.2) is 0 Å². The van der Waals surface area contributed by atoms with Crippen molar-refractivity contribution in [2.45, 2.75) is 52.5 Å². The Morgan fingerprint density at radius 2 is 1.83 bits per heavy atom. The molecule has 0 saturated carbocycles. The fourth-order valence-corrected chi connectivity index (χ4v) is 4.77. The molecule has 2 atom stereocenters. The molecule has 0 aromatic heterocycles. The molecule has 2 aromatic rings. The second kappa shape index (κ2) is 12.4. The average molecular weight is 480 g/mol. The molecule has 2 aromatic carbocycles. The lowest BCUT2D eigenvalue weighted by Gasteiger charge is -2.41. The fourth-order valence-electron chi connectivity index (χ4n) is 4.77. The van der Waals surface area contributed by atoms with Crippen LogP contribution >= 0.6 is 0 Å². The van der Waals surface area contributed by atoms with Crippen molar-refractivity contribution < 1.29 is 19.1 Å². The van der Waals surface area contributed by atoms with E-state index >= 15 is 0 Å². The van der Waals surface area contributed by atoms with E-state index in [4.69, 9.17) is 4.74 Å². The third-order valence-electron chi connectivity index (χ3n) is 6.68. The van der Waals surface area contributed by atoms with Crippen LogP contribution in [0.3, 0.4) is 0 Å². The van der Waals surface area contributed by atoms with Crippen LogP contribution < -0.4 is 10.1 Å². The predicted molar refractivity (Wildman–Crippen MR) is 137 cm³/mol. The van der Waals surface area contributed by atoms with E-state index in [-0.39, 0.29) is 17.7 Å². The first-order chi connectivity index (χ1) is 16.9. The fraction of sp³-hybridized carbons (Fsp3) is 0.464. The van der Waals surface area contributed by atoms with E-state index in [1.54, 1.807) is 36.3 Å². The number of unbranched alkanes of at least 4 members (excludes halogenated alkanes) is 1. The third kappa shape index (κ3) is 6.02. The first-order valence-corrected chi connectivity index (χ1v) is 12.6. The van der Waals surface area contributed by atoms with Crippen LogP contribution in [-0.4, -0.2) is 54.3 Å². The summed E-state index contributed by atoms with van der Waals surface area (Å²) in [7, 11) is 1.60. The van der Waals surface area contributed by atoms with Crippen LogP contribution in [0.5, 0.6) is 5.75 Å². The normalized spacial score (nSPS) is 17.7. The van der Waals surface area contributed by atoms with E-state index in [9.17, 15) is 14.4 Å². The molecule has 0 spiro atoms. The number of benzene rings is 2. The van der Waals surface area contributed by atoms with E-state index in [2.05, 4.69) is 12.2 Å². The molecule has 0 radical (unpaired) electrons. The summed E-state index contributed by atoms with van der Waals surface area (Å²) in [6, 6.07) is 14.2. The molecular formula is C28H37N3O4. The first kappa shape index (κ1) is 26.3. The van der Waals surface area contributed by atoms with Gasteiger partial charge in [-0.3, -0.25) is 14.4 Å². The van der Waals surface area contributed by atoms with E-state index in [1.807, 2.05) is 43.0 Å². The molecule has 35 heavy (non-hydrogen) atoms. The molecule has 1 fully saturated rings. The lowest BCUT2D eigenvalue weighted by Crippen LogP contribution is -2.47. The van der Waals surface area contributed by atoms with Crippen molar-refractivity contribution in [1.82, 2.24) is 9.80 Å². The number of para-hydroxylation sites is 1. The van der Waals surface area contributed by atoms with Gasteiger partial charge in [0.05, 0.1) is 19.1 Å². The van der Waals surface area contributed by atoms with Crippen molar-refractivity contribution in [3.8, 4) is 5.75 Å². The maximum Gasteiger partial charge on any atom is 0.253 e. The largest absolute Gasteiger partial charge is 0.496 e. The summed E-state index contributed by atoms with van der Waals surface area (Å²) < 4.78 is 5.61. The third-order valence-corrected chi connectivity index (χ3v) is 6.68. The maximum atomic E-state index is 13.6. The van der Waals surface area contributed by atoms with Crippen molar-refractivity contribution in [2.75, 3.05) is 32.1 Å². The number of anilines is 1. The number of nitrogens with zero attached hydrogens (tertiary/aromatic N) is 2. The van der Waals surface area contributed by atoms with Crippen LogP contribution in [0.2, 0.25) is 0 Å². The molecule has 7 nitrogen and oxygen atoms in total. The molecule has 1 saturated heterocycles. The van der Waals surface area contributed by atoms with Crippen LogP contribution in [0.1, 0.15) is 68.4 Å². The van der Waals surface area contributed by atoms with Gasteiger partial charge in [-0.05, 0) is 51.0 Å². The summed E-state index contributed by atoms with van der Waals surface area (Å²) in [5, 5.41) is 3.02. The highest BCUT2D eigenvalue weighted by Crippen LogP contribution is 2.41. The van der Waals surface area contributed by atoms with Crippen molar-refractivity contribution in [1.29, 1.82) is 0 Å². The number of likely N-dealkylation sites (tertiary alicyclic amines) is 1. The second-order valence-electron chi connectivity index (χ2n) is 8.82. The summed E-state index contributed by atoms with van der Waals surface area (Å²) in [5.41, 5.74) is 1.95. The molecule has 1 heterocycles. The molecule has 0 aliphatic carbocycles. The number of carbonyl (C=O) groups is 3. The zero-order valence-electron chi connectivity index (χ0n) is 21.3. The van der Waals surface area contributed by atoms with Gasteiger partial charge in [-0.1, -0.05) is 37.6 Å². The van der Waals surface area contributed by atoms with Gasteiger partial charge < -0.3 is 19.9 Å².